The Hall–Kier alpha value is 0.440. The molecule has 0 aromatic rings. The Balaban J connectivity index is 3.69. The van der Waals surface area contributed by atoms with Gasteiger partial charge in [0.05, 0.1) is 5.60 Å². The Labute approximate surface area is 72.3 Å². The predicted molar refractivity (Wildman–Crippen MR) is 48.7 cm³/mol. The predicted octanol–water partition coefficient (Wildman–Crippen LogP) is 2.98. The summed E-state index contributed by atoms with van der Waals surface area (Å²) in [7, 11) is 0. The lowest BCUT2D eigenvalue weighted by Gasteiger charge is -2.26. The highest BCUT2D eigenvalue weighted by molar-refractivity contribution is 9.09. The molecule has 62 valence electrons. The molecule has 0 aromatic heterocycles. The molecule has 0 heterocycles. The SMILES string of the molecule is CCCC(C)(CBr)OCC. The van der Waals surface area contributed by atoms with E-state index in [0.29, 0.717) is 0 Å². The molecule has 0 saturated heterocycles. The molecule has 0 aliphatic carbocycles. The van der Waals surface area contributed by atoms with Crippen molar-refractivity contribution in [2.45, 2.75) is 39.2 Å². The summed E-state index contributed by atoms with van der Waals surface area (Å²) in [6.45, 7) is 7.17. The van der Waals surface area contributed by atoms with Crippen LogP contribution in [0, 0.1) is 0 Å². The zero-order valence-corrected chi connectivity index (χ0v) is 8.70. The highest BCUT2D eigenvalue weighted by Gasteiger charge is 2.20. The normalized spacial score (nSPS) is 16.8. The minimum absolute atomic E-state index is 0.0590. The fourth-order valence-corrected chi connectivity index (χ4v) is 1.50. The first-order valence-corrected chi connectivity index (χ1v) is 5.00. The van der Waals surface area contributed by atoms with Gasteiger partial charge in [0.25, 0.3) is 0 Å². The van der Waals surface area contributed by atoms with Crippen molar-refractivity contribution in [2.24, 2.45) is 0 Å². The lowest BCUT2D eigenvalue weighted by atomic mass is 10.0. The van der Waals surface area contributed by atoms with Crippen LogP contribution >= 0.6 is 15.9 Å². The van der Waals surface area contributed by atoms with Crippen molar-refractivity contribution in [1.82, 2.24) is 0 Å². The second-order valence-corrected chi connectivity index (χ2v) is 3.33. The van der Waals surface area contributed by atoms with Gasteiger partial charge in [-0.05, 0) is 20.3 Å². The van der Waals surface area contributed by atoms with Crippen molar-refractivity contribution in [1.29, 1.82) is 0 Å². The maximum absolute atomic E-state index is 5.57. The summed E-state index contributed by atoms with van der Waals surface area (Å²) in [6.07, 6.45) is 2.31. The van der Waals surface area contributed by atoms with Gasteiger partial charge in [-0.2, -0.15) is 0 Å². The number of rotatable bonds is 5. The van der Waals surface area contributed by atoms with Gasteiger partial charge in [0.2, 0.25) is 0 Å². The van der Waals surface area contributed by atoms with E-state index in [0.717, 1.165) is 18.4 Å². The minimum Gasteiger partial charge on any atom is -0.375 e. The second-order valence-electron chi connectivity index (χ2n) is 2.77. The number of hydrogen-bond donors (Lipinski definition) is 0. The first-order valence-electron chi connectivity index (χ1n) is 3.88. The average Bonchev–Trinajstić information content (AvgIpc) is 1.89. The third kappa shape index (κ3) is 3.57. The van der Waals surface area contributed by atoms with Crippen LogP contribution in [0.15, 0.2) is 0 Å². The Morgan fingerprint density at radius 3 is 2.30 bits per heavy atom. The molecule has 1 atom stereocenters. The monoisotopic (exact) mass is 208 g/mol. The van der Waals surface area contributed by atoms with Gasteiger partial charge in [-0.25, -0.2) is 0 Å². The lowest BCUT2D eigenvalue weighted by Crippen LogP contribution is -2.30. The molecule has 10 heavy (non-hydrogen) atoms. The summed E-state index contributed by atoms with van der Waals surface area (Å²) in [6, 6.07) is 0. The maximum atomic E-state index is 5.57. The van der Waals surface area contributed by atoms with E-state index in [1.807, 2.05) is 6.92 Å². The van der Waals surface area contributed by atoms with Gasteiger partial charge in [-0.1, -0.05) is 29.3 Å². The molecule has 0 N–H and O–H groups in total. The molecular formula is C8H17BrO. The Morgan fingerprint density at radius 1 is 1.40 bits per heavy atom. The second kappa shape index (κ2) is 5.14. The molecule has 0 saturated carbocycles. The standard InChI is InChI=1S/C8H17BrO/c1-4-6-8(3,7-9)10-5-2/h4-7H2,1-3H3. The zero-order valence-electron chi connectivity index (χ0n) is 7.11. The molecule has 0 aromatic carbocycles. The summed E-state index contributed by atoms with van der Waals surface area (Å²) >= 11 is 3.45. The van der Waals surface area contributed by atoms with Crippen molar-refractivity contribution in [3.63, 3.8) is 0 Å². The van der Waals surface area contributed by atoms with Crippen molar-refractivity contribution in [3.05, 3.63) is 0 Å². The van der Waals surface area contributed by atoms with E-state index in [4.69, 9.17) is 4.74 Å². The quantitative estimate of drug-likeness (QED) is 0.632. The van der Waals surface area contributed by atoms with Gasteiger partial charge in [0.1, 0.15) is 0 Å². The number of ether oxygens (including phenoxy) is 1. The summed E-state index contributed by atoms with van der Waals surface area (Å²) < 4.78 is 5.57. The molecule has 2 heteroatoms. The topological polar surface area (TPSA) is 9.23 Å². The Bertz CT molecular complexity index is 77.3. The van der Waals surface area contributed by atoms with Crippen LogP contribution in [0.1, 0.15) is 33.6 Å². The minimum atomic E-state index is 0.0590. The van der Waals surface area contributed by atoms with Crippen LogP contribution in [0.2, 0.25) is 0 Å². The van der Waals surface area contributed by atoms with E-state index < -0.39 is 0 Å². The van der Waals surface area contributed by atoms with Crippen molar-refractivity contribution in [2.75, 3.05) is 11.9 Å². The van der Waals surface area contributed by atoms with Crippen molar-refractivity contribution < 1.29 is 4.74 Å². The van der Waals surface area contributed by atoms with Crippen LogP contribution in [-0.2, 0) is 4.74 Å². The van der Waals surface area contributed by atoms with Gasteiger partial charge >= 0.3 is 0 Å². The number of halogens is 1. The van der Waals surface area contributed by atoms with E-state index in [-0.39, 0.29) is 5.60 Å². The fraction of sp³-hybridized carbons (Fsp3) is 1.00. The van der Waals surface area contributed by atoms with Gasteiger partial charge < -0.3 is 4.74 Å². The molecule has 0 aliphatic heterocycles. The molecule has 1 unspecified atom stereocenters. The Morgan fingerprint density at radius 2 is 2.00 bits per heavy atom. The van der Waals surface area contributed by atoms with E-state index in [2.05, 4.69) is 29.8 Å². The van der Waals surface area contributed by atoms with E-state index in [1.54, 1.807) is 0 Å². The van der Waals surface area contributed by atoms with Gasteiger partial charge in [-0.3, -0.25) is 0 Å². The third-order valence-electron chi connectivity index (χ3n) is 1.55. The molecule has 0 spiro atoms. The molecule has 0 fully saturated rings. The van der Waals surface area contributed by atoms with Crippen LogP contribution in [0.5, 0.6) is 0 Å². The van der Waals surface area contributed by atoms with E-state index >= 15 is 0 Å². The highest BCUT2D eigenvalue weighted by atomic mass is 79.9. The largest absolute Gasteiger partial charge is 0.375 e. The van der Waals surface area contributed by atoms with E-state index in [1.165, 1.54) is 6.42 Å². The lowest BCUT2D eigenvalue weighted by molar-refractivity contribution is -0.0116. The summed E-state index contributed by atoms with van der Waals surface area (Å²) in [5, 5.41) is 0.932. The van der Waals surface area contributed by atoms with Crippen molar-refractivity contribution >= 4 is 15.9 Å². The van der Waals surface area contributed by atoms with Crippen LogP contribution in [0.25, 0.3) is 0 Å². The number of hydrogen-bond acceptors (Lipinski definition) is 1. The first kappa shape index (κ1) is 10.4. The molecule has 0 amide bonds. The molecule has 0 radical (unpaired) electrons. The highest BCUT2D eigenvalue weighted by Crippen LogP contribution is 2.19. The van der Waals surface area contributed by atoms with Crippen LogP contribution < -0.4 is 0 Å². The first-order chi connectivity index (χ1) is 4.68. The van der Waals surface area contributed by atoms with Crippen LogP contribution in [0.4, 0.5) is 0 Å². The molecule has 0 aliphatic rings. The van der Waals surface area contributed by atoms with Crippen LogP contribution in [0.3, 0.4) is 0 Å². The third-order valence-corrected chi connectivity index (χ3v) is 2.74. The molecule has 0 bridgehead atoms. The van der Waals surface area contributed by atoms with Gasteiger partial charge in [0.15, 0.2) is 0 Å². The average molecular weight is 209 g/mol. The van der Waals surface area contributed by atoms with Gasteiger partial charge in [-0.15, -0.1) is 0 Å². The van der Waals surface area contributed by atoms with Gasteiger partial charge in [0, 0.05) is 11.9 Å². The van der Waals surface area contributed by atoms with E-state index in [9.17, 15) is 0 Å². The van der Waals surface area contributed by atoms with Crippen molar-refractivity contribution in [3.8, 4) is 0 Å². The summed E-state index contributed by atoms with van der Waals surface area (Å²) in [5.41, 5.74) is 0.0590. The summed E-state index contributed by atoms with van der Waals surface area (Å²) in [5.74, 6) is 0. The fourth-order valence-electron chi connectivity index (χ4n) is 1.05. The molecule has 0 rings (SSSR count). The molecule has 1 nitrogen and oxygen atoms in total. The summed E-state index contributed by atoms with van der Waals surface area (Å²) in [4.78, 5) is 0. The maximum Gasteiger partial charge on any atom is 0.0750 e. The molecular weight excluding hydrogens is 192 g/mol. The Kier molecular flexibility index (Phi) is 5.36. The number of alkyl halides is 1. The van der Waals surface area contributed by atoms with Crippen LogP contribution in [-0.4, -0.2) is 17.5 Å². The smallest absolute Gasteiger partial charge is 0.0750 e. The zero-order chi connectivity index (χ0) is 8.04.